The van der Waals surface area contributed by atoms with Gasteiger partial charge in [-0.05, 0) is 37.4 Å². The fourth-order valence-electron chi connectivity index (χ4n) is 2.41. The molecule has 0 aromatic carbocycles. The Morgan fingerprint density at radius 2 is 2.33 bits per heavy atom. The molecule has 1 unspecified atom stereocenters. The summed E-state index contributed by atoms with van der Waals surface area (Å²) in [6.07, 6.45) is 4.90. The highest BCUT2D eigenvalue weighted by Gasteiger charge is 2.26. The van der Waals surface area contributed by atoms with Gasteiger partial charge in [0.1, 0.15) is 10.7 Å². The van der Waals surface area contributed by atoms with Gasteiger partial charge < -0.3 is 10.6 Å². The Morgan fingerprint density at radius 1 is 1.56 bits per heavy atom. The molecule has 0 saturated carbocycles. The first-order valence-corrected chi connectivity index (χ1v) is 8.01. The molecule has 0 radical (unpaired) electrons. The Kier molecular flexibility index (Phi) is 3.87. The summed E-state index contributed by atoms with van der Waals surface area (Å²) in [4.78, 5) is 6.61. The van der Waals surface area contributed by atoms with Crippen LogP contribution in [-0.4, -0.2) is 39.3 Å². The Balaban J connectivity index is 2.25. The Labute approximate surface area is 108 Å². The zero-order chi connectivity index (χ0) is 13.2. The SMILES string of the molecule is CS(=O)(=O)c1cccnc1N1CCC(CCN)C1. The summed E-state index contributed by atoms with van der Waals surface area (Å²) >= 11 is 0. The zero-order valence-corrected chi connectivity index (χ0v) is 11.4. The predicted molar refractivity (Wildman–Crippen MR) is 71.3 cm³/mol. The van der Waals surface area contributed by atoms with Gasteiger partial charge in [-0.3, -0.25) is 0 Å². The van der Waals surface area contributed by atoms with Gasteiger partial charge in [-0.1, -0.05) is 0 Å². The van der Waals surface area contributed by atoms with Crippen molar-refractivity contribution in [3.63, 3.8) is 0 Å². The van der Waals surface area contributed by atoms with E-state index in [1.54, 1.807) is 18.3 Å². The third-order valence-electron chi connectivity index (χ3n) is 3.31. The van der Waals surface area contributed by atoms with Gasteiger partial charge in [-0.25, -0.2) is 13.4 Å². The standard InChI is InChI=1S/C12H19N3O2S/c1-18(16,17)11-3-2-7-14-12(11)15-8-5-10(9-15)4-6-13/h2-3,7,10H,4-6,8-9,13H2,1H3. The van der Waals surface area contributed by atoms with Crippen LogP contribution in [0.4, 0.5) is 5.82 Å². The second kappa shape index (κ2) is 5.24. The lowest BCUT2D eigenvalue weighted by Gasteiger charge is -2.19. The predicted octanol–water partition coefficient (Wildman–Crippen LogP) is 0.660. The minimum absolute atomic E-state index is 0.318. The molecule has 0 bridgehead atoms. The topological polar surface area (TPSA) is 76.3 Å². The highest BCUT2D eigenvalue weighted by atomic mass is 32.2. The summed E-state index contributed by atoms with van der Waals surface area (Å²) in [5, 5.41) is 0. The molecule has 5 nitrogen and oxygen atoms in total. The molecule has 1 aliphatic rings. The molecule has 1 atom stereocenters. The Bertz CT molecular complexity index is 516. The van der Waals surface area contributed by atoms with Crippen molar-refractivity contribution in [2.24, 2.45) is 11.7 Å². The van der Waals surface area contributed by atoms with Crippen molar-refractivity contribution in [1.82, 2.24) is 4.98 Å². The van der Waals surface area contributed by atoms with E-state index in [-0.39, 0.29) is 0 Å². The second-order valence-electron chi connectivity index (χ2n) is 4.78. The number of nitrogens with two attached hydrogens (primary N) is 1. The van der Waals surface area contributed by atoms with Gasteiger partial charge in [-0.15, -0.1) is 0 Å². The van der Waals surface area contributed by atoms with Gasteiger partial charge in [0, 0.05) is 25.5 Å². The maximum absolute atomic E-state index is 11.7. The van der Waals surface area contributed by atoms with Crippen LogP contribution in [0.3, 0.4) is 0 Å². The van der Waals surface area contributed by atoms with Crippen LogP contribution in [0.15, 0.2) is 23.2 Å². The smallest absolute Gasteiger partial charge is 0.179 e. The van der Waals surface area contributed by atoms with Crippen LogP contribution >= 0.6 is 0 Å². The molecule has 1 aromatic rings. The van der Waals surface area contributed by atoms with Crippen LogP contribution < -0.4 is 10.6 Å². The minimum Gasteiger partial charge on any atom is -0.355 e. The normalized spacial score (nSPS) is 20.3. The zero-order valence-electron chi connectivity index (χ0n) is 10.5. The second-order valence-corrected chi connectivity index (χ2v) is 6.76. The summed E-state index contributed by atoms with van der Waals surface area (Å²) < 4.78 is 23.5. The number of pyridine rings is 1. The molecule has 0 amide bonds. The van der Waals surface area contributed by atoms with Gasteiger partial charge in [-0.2, -0.15) is 0 Å². The molecule has 2 heterocycles. The van der Waals surface area contributed by atoms with Gasteiger partial charge in [0.05, 0.1) is 0 Å². The van der Waals surface area contributed by atoms with E-state index < -0.39 is 9.84 Å². The first kappa shape index (κ1) is 13.3. The number of hydrogen-bond acceptors (Lipinski definition) is 5. The molecule has 100 valence electrons. The van der Waals surface area contributed by atoms with Crippen molar-refractivity contribution in [1.29, 1.82) is 0 Å². The van der Waals surface area contributed by atoms with Crippen LogP contribution in [0.1, 0.15) is 12.8 Å². The number of hydrogen-bond donors (Lipinski definition) is 1. The Morgan fingerprint density at radius 3 is 3.00 bits per heavy atom. The van der Waals surface area contributed by atoms with E-state index in [2.05, 4.69) is 9.88 Å². The maximum Gasteiger partial charge on any atom is 0.179 e. The summed E-state index contributed by atoms with van der Waals surface area (Å²) in [5.41, 5.74) is 5.56. The van der Waals surface area contributed by atoms with Crippen molar-refractivity contribution in [3.05, 3.63) is 18.3 Å². The molecular weight excluding hydrogens is 250 g/mol. The molecule has 2 rings (SSSR count). The fraction of sp³-hybridized carbons (Fsp3) is 0.583. The third kappa shape index (κ3) is 2.81. The first-order valence-electron chi connectivity index (χ1n) is 6.12. The van der Waals surface area contributed by atoms with E-state index >= 15 is 0 Å². The summed E-state index contributed by atoms with van der Waals surface area (Å²) in [5.74, 6) is 1.13. The molecule has 6 heteroatoms. The van der Waals surface area contributed by atoms with Crippen molar-refractivity contribution < 1.29 is 8.42 Å². The number of sulfone groups is 1. The third-order valence-corrected chi connectivity index (χ3v) is 4.43. The van der Waals surface area contributed by atoms with Gasteiger partial charge in [0.25, 0.3) is 0 Å². The van der Waals surface area contributed by atoms with Crippen LogP contribution in [0, 0.1) is 5.92 Å². The van der Waals surface area contributed by atoms with E-state index in [9.17, 15) is 8.42 Å². The number of aromatic nitrogens is 1. The monoisotopic (exact) mass is 269 g/mol. The maximum atomic E-state index is 11.7. The van der Waals surface area contributed by atoms with Crippen LogP contribution in [0.25, 0.3) is 0 Å². The van der Waals surface area contributed by atoms with Crippen molar-refractivity contribution in [2.45, 2.75) is 17.7 Å². The van der Waals surface area contributed by atoms with E-state index in [1.807, 2.05) is 0 Å². The highest BCUT2D eigenvalue weighted by Crippen LogP contribution is 2.28. The van der Waals surface area contributed by atoms with Crippen LogP contribution in [0.2, 0.25) is 0 Å². The van der Waals surface area contributed by atoms with E-state index in [0.717, 1.165) is 25.9 Å². The lowest BCUT2D eigenvalue weighted by Crippen LogP contribution is -2.23. The lowest BCUT2D eigenvalue weighted by atomic mass is 10.1. The number of nitrogens with zero attached hydrogens (tertiary/aromatic N) is 2. The molecule has 18 heavy (non-hydrogen) atoms. The average molecular weight is 269 g/mol. The lowest BCUT2D eigenvalue weighted by molar-refractivity contribution is 0.545. The molecule has 1 aliphatic heterocycles. The van der Waals surface area contributed by atoms with E-state index in [4.69, 9.17) is 5.73 Å². The van der Waals surface area contributed by atoms with Crippen LogP contribution in [0.5, 0.6) is 0 Å². The molecule has 0 aliphatic carbocycles. The molecule has 2 N–H and O–H groups in total. The molecular formula is C12H19N3O2S. The van der Waals surface area contributed by atoms with Gasteiger partial charge in [0.15, 0.2) is 9.84 Å². The molecule has 0 spiro atoms. The van der Waals surface area contributed by atoms with Crippen molar-refractivity contribution in [3.8, 4) is 0 Å². The number of anilines is 1. The highest BCUT2D eigenvalue weighted by molar-refractivity contribution is 7.90. The molecule has 1 aromatic heterocycles. The molecule has 1 saturated heterocycles. The fourth-order valence-corrected chi connectivity index (χ4v) is 3.24. The van der Waals surface area contributed by atoms with Crippen molar-refractivity contribution in [2.75, 3.05) is 30.8 Å². The Hall–Kier alpha value is -1.14. The van der Waals surface area contributed by atoms with Crippen LogP contribution in [-0.2, 0) is 9.84 Å². The van der Waals surface area contributed by atoms with Crippen molar-refractivity contribution >= 4 is 15.7 Å². The largest absolute Gasteiger partial charge is 0.355 e. The summed E-state index contributed by atoms with van der Waals surface area (Å²) in [6, 6.07) is 3.28. The average Bonchev–Trinajstić information content (AvgIpc) is 2.77. The van der Waals surface area contributed by atoms with E-state index in [1.165, 1.54) is 6.26 Å². The summed E-state index contributed by atoms with van der Waals surface area (Å²) in [7, 11) is -3.23. The van der Waals surface area contributed by atoms with Gasteiger partial charge >= 0.3 is 0 Å². The van der Waals surface area contributed by atoms with Gasteiger partial charge in [0.2, 0.25) is 0 Å². The first-order chi connectivity index (χ1) is 8.52. The minimum atomic E-state index is -3.23. The molecule has 1 fully saturated rings. The summed E-state index contributed by atoms with van der Waals surface area (Å²) in [6.45, 7) is 2.38. The quantitative estimate of drug-likeness (QED) is 0.869. The van der Waals surface area contributed by atoms with E-state index in [0.29, 0.717) is 23.2 Å². The number of rotatable bonds is 4.